The zero-order chi connectivity index (χ0) is 6.78. The van der Waals surface area contributed by atoms with Crippen LogP contribution < -0.4 is 0 Å². The minimum Gasteiger partial charge on any atom is -0.357 e. The van der Waals surface area contributed by atoms with Crippen molar-refractivity contribution in [2.45, 2.75) is 25.0 Å². The molecule has 3 heteroatoms. The lowest BCUT2D eigenvalue weighted by Crippen LogP contribution is -2.27. The number of hydrogen-bond acceptors (Lipinski definition) is 2. The van der Waals surface area contributed by atoms with E-state index in [4.69, 9.17) is 10.2 Å². The second kappa shape index (κ2) is 2.80. The Bertz CT molecular complexity index is 67.3. The molecular formula is C5H11BrO2. The highest BCUT2D eigenvalue weighted by atomic mass is 79.9. The van der Waals surface area contributed by atoms with Crippen LogP contribution in [0.4, 0.5) is 0 Å². The Morgan fingerprint density at radius 1 is 1.62 bits per heavy atom. The Balaban J connectivity index is 3.62. The molecule has 50 valence electrons. The molecule has 1 unspecified atom stereocenters. The molecule has 2 nitrogen and oxygen atoms in total. The molecule has 1 atom stereocenters. The third-order valence-electron chi connectivity index (χ3n) is 1.24. The normalized spacial score (nSPS) is 16.1. The van der Waals surface area contributed by atoms with E-state index in [1.807, 2.05) is 6.92 Å². The third kappa shape index (κ3) is 2.64. The van der Waals surface area contributed by atoms with Gasteiger partial charge in [0.05, 0.1) is 0 Å². The minimum atomic E-state index is -1.68. The van der Waals surface area contributed by atoms with Gasteiger partial charge in [0, 0.05) is 5.92 Å². The van der Waals surface area contributed by atoms with E-state index in [9.17, 15) is 0 Å². The number of aliphatic hydroxyl groups is 2. The Labute approximate surface area is 57.7 Å². The van der Waals surface area contributed by atoms with Crippen molar-refractivity contribution in [3.05, 3.63) is 0 Å². The van der Waals surface area contributed by atoms with E-state index >= 15 is 0 Å². The molecule has 0 fully saturated rings. The SMILES string of the molecule is CCC(C)C(O)(O)Br. The molecule has 0 aliphatic heterocycles. The first-order chi connectivity index (χ1) is 3.48. The van der Waals surface area contributed by atoms with E-state index in [0.717, 1.165) is 6.42 Å². The van der Waals surface area contributed by atoms with Crippen molar-refractivity contribution < 1.29 is 10.2 Å². The molecule has 0 aliphatic carbocycles. The lowest BCUT2D eigenvalue weighted by molar-refractivity contribution is -0.108. The van der Waals surface area contributed by atoms with Crippen molar-refractivity contribution in [1.29, 1.82) is 0 Å². The molecular weight excluding hydrogens is 172 g/mol. The lowest BCUT2D eigenvalue weighted by Gasteiger charge is -2.19. The molecule has 0 aromatic carbocycles. The van der Waals surface area contributed by atoms with Crippen molar-refractivity contribution in [1.82, 2.24) is 0 Å². The second-order valence-electron chi connectivity index (χ2n) is 1.95. The zero-order valence-corrected chi connectivity index (χ0v) is 6.64. The van der Waals surface area contributed by atoms with Crippen molar-refractivity contribution in [2.24, 2.45) is 5.92 Å². The van der Waals surface area contributed by atoms with Crippen LogP contribution in [0, 0.1) is 5.92 Å². The molecule has 0 radical (unpaired) electrons. The molecule has 2 N–H and O–H groups in total. The summed E-state index contributed by atoms with van der Waals surface area (Å²) in [6, 6.07) is 0. The fourth-order valence-electron chi connectivity index (χ4n) is 0.260. The minimum absolute atomic E-state index is 0.123. The molecule has 8 heavy (non-hydrogen) atoms. The third-order valence-corrected chi connectivity index (χ3v) is 2.02. The van der Waals surface area contributed by atoms with Crippen molar-refractivity contribution in [3.8, 4) is 0 Å². The van der Waals surface area contributed by atoms with Crippen molar-refractivity contribution >= 4 is 15.9 Å². The summed E-state index contributed by atoms with van der Waals surface area (Å²) in [4.78, 5) is 0. The van der Waals surface area contributed by atoms with E-state index < -0.39 is 4.70 Å². The van der Waals surface area contributed by atoms with Gasteiger partial charge in [0.2, 0.25) is 4.70 Å². The maximum Gasteiger partial charge on any atom is 0.224 e. The maximum atomic E-state index is 8.76. The summed E-state index contributed by atoms with van der Waals surface area (Å²) in [5.74, 6) is -0.123. The van der Waals surface area contributed by atoms with Gasteiger partial charge in [0.15, 0.2) is 0 Å². The fraction of sp³-hybridized carbons (Fsp3) is 1.00. The lowest BCUT2D eigenvalue weighted by atomic mass is 10.1. The summed E-state index contributed by atoms with van der Waals surface area (Å²) >= 11 is 2.72. The summed E-state index contributed by atoms with van der Waals surface area (Å²) in [6.07, 6.45) is 0.748. The molecule has 0 heterocycles. The Kier molecular flexibility index (Phi) is 2.94. The van der Waals surface area contributed by atoms with Crippen molar-refractivity contribution in [2.75, 3.05) is 0 Å². The summed E-state index contributed by atoms with van der Waals surface area (Å²) < 4.78 is -1.68. The molecule has 0 aromatic heterocycles. The summed E-state index contributed by atoms with van der Waals surface area (Å²) in [6.45, 7) is 3.65. The van der Waals surface area contributed by atoms with Gasteiger partial charge in [-0.2, -0.15) is 0 Å². The van der Waals surface area contributed by atoms with Crippen LogP contribution in [0.25, 0.3) is 0 Å². The highest BCUT2D eigenvalue weighted by Crippen LogP contribution is 2.22. The smallest absolute Gasteiger partial charge is 0.224 e. The molecule has 0 spiro atoms. The van der Waals surface area contributed by atoms with Gasteiger partial charge in [-0.25, -0.2) is 0 Å². The predicted octanol–water partition coefficient (Wildman–Crippen LogP) is 1.07. The number of rotatable bonds is 2. The van der Waals surface area contributed by atoms with Crippen LogP contribution in [0.2, 0.25) is 0 Å². The van der Waals surface area contributed by atoms with Crippen molar-refractivity contribution in [3.63, 3.8) is 0 Å². The highest BCUT2D eigenvalue weighted by molar-refractivity contribution is 9.09. The van der Waals surface area contributed by atoms with Gasteiger partial charge < -0.3 is 10.2 Å². The quantitative estimate of drug-likeness (QED) is 0.496. The summed E-state index contributed by atoms with van der Waals surface area (Å²) in [7, 11) is 0. The molecule has 0 aliphatic rings. The zero-order valence-electron chi connectivity index (χ0n) is 5.06. The monoisotopic (exact) mass is 182 g/mol. The van der Waals surface area contributed by atoms with Crippen LogP contribution >= 0.6 is 15.9 Å². The first kappa shape index (κ1) is 8.40. The first-order valence-corrected chi connectivity index (χ1v) is 3.41. The van der Waals surface area contributed by atoms with Gasteiger partial charge in [0.1, 0.15) is 0 Å². The molecule has 0 amide bonds. The molecule has 0 bridgehead atoms. The summed E-state index contributed by atoms with van der Waals surface area (Å²) in [5.41, 5.74) is 0. The summed E-state index contributed by atoms with van der Waals surface area (Å²) in [5, 5.41) is 17.5. The average molecular weight is 183 g/mol. The number of alkyl halides is 1. The molecule has 0 aromatic rings. The van der Waals surface area contributed by atoms with Crippen LogP contribution in [0.15, 0.2) is 0 Å². The number of hydrogen-bond donors (Lipinski definition) is 2. The van der Waals surface area contributed by atoms with Crippen LogP contribution in [0.5, 0.6) is 0 Å². The van der Waals surface area contributed by atoms with Crippen LogP contribution in [0.3, 0.4) is 0 Å². The first-order valence-electron chi connectivity index (χ1n) is 2.62. The van der Waals surface area contributed by atoms with Gasteiger partial charge in [0.25, 0.3) is 0 Å². The largest absolute Gasteiger partial charge is 0.357 e. The maximum absolute atomic E-state index is 8.76. The number of halogens is 1. The van der Waals surface area contributed by atoms with Gasteiger partial charge >= 0.3 is 0 Å². The van der Waals surface area contributed by atoms with E-state index in [1.54, 1.807) is 6.92 Å². The van der Waals surface area contributed by atoms with Gasteiger partial charge in [-0.3, -0.25) is 0 Å². The highest BCUT2D eigenvalue weighted by Gasteiger charge is 2.24. The molecule has 0 rings (SSSR count). The predicted molar refractivity (Wildman–Crippen MR) is 35.6 cm³/mol. The van der Waals surface area contributed by atoms with E-state index in [2.05, 4.69) is 15.9 Å². The standard InChI is InChI=1S/C5H11BrO2/c1-3-4(2)5(6,7)8/h4,7-8H,3H2,1-2H3. The van der Waals surface area contributed by atoms with Gasteiger partial charge in [-0.1, -0.05) is 13.8 Å². The average Bonchev–Trinajstić information content (AvgIpc) is 1.62. The Morgan fingerprint density at radius 3 is 2.00 bits per heavy atom. The second-order valence-corrected chi connectivity index (χ2v) is 3.11. The molecule has 0 saturated carbocycles. The van der Waals surface area contributed by atoms with E-state index in [0.29, 0.717) is 0 Å². The van der Waals surface area contributed by atoms with Gasteiger partial charge in [-0.05, 0) is 22.4 Å². The van der Waals surface area contributed by atoms with E-state index in [-0.39, 0.29) is 5.92 Å². The Hall–Kier alpha value is 0.400. The van der Waals surface area contributed by atoms with Crippen LogP contribution in [0.1, 0.15) is 20.3 Å². The topological polar surface area (TPSA) is 40.5 Å². The Morgan fingerprint density at radius 2 is 2.00 bits per heavy atom. The van der Waals surface area contributed by atoms with Crippen LogP contribution in [-0.4, -0.2) is 14.9 Å². The molecule has 0 saturated heterocycles. The van der Waals surface area contributed by atoms with Crippen LogP contribution in [-0.2, 0) is 0 Å². The van der Waals surface area contributed by atoms with Gasteiger partial charge in [-0.15, -0.1) is 0 Å². The van der Waals surface area contributed by atoms with E-state index in [1.165, 1.54) is 0 Å². The fourth-order valence-corrected chi connectivity index (χ4v) is 0.583.